The Balaban J connectivity index is 1.79. The van der Waals surface area contributed by atoms with Gasteiger partial charge in [0, 0.05) is 10.5 Å². The van der Waals surface area contributed by atoms with E-state index in [2.05, 4.69) is 14.7 Å². The second-order valence-electron chi connectivity index (χ2n) is 4.78. The molecule has 24 heavy (non-hydrogen) atoms. The van der Waals surface area contributed by atoms with Crippen molar-refractivity contribution in [2.24, 2.45) is 0 Å². The van der Waals surface area contributed by atoms with Crippen molar-refractivity contribution < 1.29 is 8.78 Å². The summed E-state index contributed by atoms with van der Waals surface area (Å²) in [5, 5.41) is 0.282. The first-order valence-electron chi connectivity index (χ1n) is 6.79. The summed E-state index contributed by atoms with van der Waals surface area (Å²) >= 11 is 7.20. The molecule has 0 fully saturated rings. The molecule has 0 spiro atoms. The molecule has 0 bridgehead atoms. The lowest BCUT2D eigenvalue weighted by Crippen LogP contribution is -1.97. The van der Waals surface area contributed by atoms with E-state index in [9.17, 15) is 8.78 Å². The lowest BCUT2D eigenvalue weighted by molar-refractivity contribution is 0.626. The van der Waals surface area contributed by atoms with Crippen molar-refractivity contribution in [2.45, 2.75) is 4.90 Å². The van der Waals surface area contributed by atoms with Gasteiger partial charge in [0.05, 0.1) is 22.6 Å². The van der Waals surface area contributed by atoms with E-state index in [4.69, 9.17) is 17.3 Å². The Hall–Kier alpha value is -2.38. The molecule has 1 aromatic heterocycles. The SMILES string of the molecule is Nc1ncc(Cl)c(-c2ccc(NSc3ccc(F)cc3)c(F)c2)n1. The van der Waals surface area contributed by atoms with Crippen LogP contribution in [0.2, 0.25) is 5.02 Å². The second-order valence-corrected chi connectivity index (χ2v) is 6.06. The van der Waals surface area contributed by atoms with Crippen molar-refractivity contribution in [1.82, 2.24) is 9.97 Å². The molecule has 0 saturated heterocycles. The molecule has 0 aliphatic rings. The van der Waals surface area contributed by atoms with E-state index in [0.29, 0.717) is 11.3 Å². The summed E-state index contributed by atoms with van der Waals surface area (Å²) in [7, 11) is 0. The van der Waals surface area contributed by atoms with Gasteiger partial charge in [-0.15, -0.1) is 0 Å². The first-order valence-corrected chi connectivity index (χ1v) is 7.99. The van der Waals surface area contributed by atoms with Crippen molar-refractivity contribution in [3.63, 3.8) is 0 Å². The van der Waals surface area contributed by atoms with Crippen molar-refractivity contribution in [3.05, 3.63) is 65.3 Å². The number of nitrogen functional groups attached to an aromatic ring is 1. The summed E-state index contributed by atoms with van der Waals surface area (Å²) in [5.74, 6) is -0.741. The van der Waals surface area contributed by atoms with E-state index in [-0.39, 0.29) is 22.5 Å². The number of hydrogen-bond acceptors (Lipinski definition) is 5. The summed E-state index contributed by atoms with van der Waals surface area (Å²) in [6.07, 6.45) is 1.37. The fourth-order valence-electron chi connectivity index (χ4n) is 1.94. The topological polar surface area (TPSA) is 63.8 Å². The Morgan fingerprint density at radius 2 is 1.83 bits per heavy atom. The third-order valence-corrected chi connectivity index (χ3v) is 4.20. The molecule has 2 aromatic carbocycles. The first-order chi connectivity index (χ1) is 11.5. The summed E-state index contributed by atoms with van der Waals surface area (Å²) in [6.45, 7) is 0. The number of nitrogens with zero attached hydrogens (tertiary/aromatic N) is 2. The minimum Gasteiger partial charge on any atom is -0.368 e. The maximum atomic E-state index is 14.3. The van der Waals surface area contributed by atoms with Crippen LogP contribution in [0.3, 0.4) is 0 Å². The van der Waals surface area contributed by atoms with E-state index in [1.165, 1.54) is 36.3 Å². The molecular weight excluding hydrogens is 354 g/mol. The highest BCUT2D eigenvalue weighted by atomic mass is 35.5. The van der Waals surface area contributed by atoms with Crippen LogP contribution in [0.25, 0.3) is 11.3 Å². The van der Waals surface area contributed by atoms with Gasteiger partial charge < -0.3 is 10.5 Å². The minimum atomic E-state index is -0.477. The molecule has 0 aliphatic heterocycles. The molecular formula is C16H11ClF2N4S. The Kier molecular flexibility index (Phi) is 4.82. The highest BCUT2D eigenvalue weighted by molar-refractivity contribution is 8.00. The molecule has 4 nitrogen and oxygen atoms in total. The molecule has 8 heteroatoms. The molecule has 3 aromatic rings. The van der Waals surface area contributed by atoms with E-state index >= 15 is 0 Å². The van der Waals surface area contributed by atoms with Crippen LogP contribution < -0.4 is 10.5 Å². The highest BCUT2D eigenvalue weighted by Crippen LogP contribution is 2.30. The van der Waals surface area contributed by atoms with E-state index in [0.717, 1.165) is 4.90 Å². The van der Waals surface area contributed by atoms with Gasteiger partial charge in [-0.05, 0) is 48.3 Å². The van der Waals surface area contributed by atoms with Gasteiger partial charge in [-0.3, -0.25) is 0 Å². The zero-order valence-electron chi connectivity index (χ0n) is 12.1. The molecule has 0 amide bonds. The van der Waals surface area contributed by atoms with Gasteiger partial charge in [-0.25, -0.2) is 18.7 Å². The molecule has 1 heterocycles. The highest BCUT2D eigenvalue weighted by Gasteiger charge is 2.10. The molecule has 0 unspecified atom stereocenters. The number of rotatable bonds is 4. The van der Waals surface area contributed by atoms with Crippen LogP contribution in [0, 0.1) is 11.6 Å². The van der Waals surface area contributed by atoms with Gasteiger partial charge in [0.15, 0.2) is 0 Å². The third kappa shape index (κ3) is 3.74. The molecule has 3 N–H and O–H groups in total. The zero-order chi connectivity index (χ0) is 17.1. The fourth-order valence-corrected chi connectivity index (χ4v) is 2.81. The van der Waals surface area contributed by atoms with E-state index < -0.39 is 5.82 Å². The number of benzene rings is 2. The van der Waals surface area contributed by atoms with Crippen LogP contribution in [0.4, 0.5) is 20.4 Å². The summed E-state index contributed by atoms with van der Waals surface area (Å²) in [5.41, 5.74) is 6.67. The van der Waals surface area contributed by atoms with Crippen molar-refractivity contribution in [3.8, 4) is 11.3 Å². The van der Waals surface area contributed by atoms with E-state index in [1.54, 1.807) is 24.3 Å². The minimum absolute atomic E-state index is 0.0591. The lowest BCUT2D eigenvalue weighted by Gasteiger charge is -2.09. The van der Waals surface area contributed by atoms with Gasteiger partial charge >= 0.3 is 0 Å². The number of aromatic nitrogens is 2. The summed E-state index contributed by atoms with van der Waals surface area (Å²) < 4.78 is 30.0. The van der Waals surface area contributed by atoms with Crippen LogP contribution >= 0.6 is 23.5 Å². The maximum absolute atomic E-state index is 14.3. The zero-order valence-corrected chi connectivity index (χ0v) is 13.7. The van der Waals surface area contributed by atoms with Crippen LogP contribution in [0.15, 0.2) is 53.6 Å². The monoisotopic (exact) mass is 364 g/mol. The smallest absolute Gasteiger partial charge is 0.220 e. The van der Waals surface area contributed by atoms with Crippen LogP contribution in [-0.4, -0.2) is 9.97 Å². The Bertz CT molecular complexity index is 874. The van der Waals surface area contributed by atoms with E-state index in [1.807, 2.05) is 0 Å². The van der Waals surface area contributed by atoms with Crippen LogP contribution in [0.1, 0.15) is 0 Å². The largest absolute Gasteiger partial charge is 0.368 e. The Labute approximate surface area is 146 Å². The molecule has 0 saturated carbocycles. The second kappa shape index (κ2) is 7.02. The fraction of sp³-hybridized carbons (Fsp3) is 0. The predicted molar refractivity (Wildman–Crippen MR) is 92.7 cm³/mol. The van der Waals surface area contributed by atoms with Gasteiger partial charge in [-0.2, -0.15) is 0 Å². The standard InChI is InChI=1S/C16H11ClF2N4S/c17-12-8-21-16(20)22-15(12)9-1-6-14(13(19)7-9)23-24-11-4-2-10(18)3-5-11/h1-8,23H,(H2,20,21,22). The molecule has 122 valence electrons. The normalized spacial score (nSPS) is 10.6. The number of nitrogens with two attached hydrogens (primary N) is 1. The Morgan fingerprint density at radius 1 is 1.08 bits per heavy atom. The van der Waals surface area contributed by atoms with Crippen LogP contribution in [-0.2, 0) is 0 Å². The molecule has 3 rings (SSSR count). The molecule has 0 atom stereocenters. The molecule has 0 radical (unpaired) electrons. The number of nitrogens with one attached hydrogen (secondary N) is 1. The molecule has 0 aliphatic carbocycles. The first kappa shape index (κ1) is 16.5. The van der Waals surface area contributed by atoms with Crippen molar-refractivity contribution in [2.75, 3.05) is 10.5 Å². The third-order valence-electron chi connectivity index (χ3n) is 3.10. The summed E-state index contributed by atoms with van der Waals surface area (Å²) in [6, 6.07) is 10.4. The lowest BCUT2D eigenvalue weighted by atomic mass is 10.1. The average Bonchev–Trinajstić information content (AvgIpc) is 2.57. The van der Waals surface area contributed by atoms with Gasteiger partial charge in [0.2, 0.25) is 5.95 Å². The van der Waals surface area contributed by atoms with Crippen molar-refractivity contribution >= 4 is 35.2 Å². The number of halogens is 3. The Morgan fingerprint density at radius 3 is 2.54 bits per heavy atom. The number of hydrogen-bond donors (Lipinski definition) is 2. The summed E-state index contributed by atoms with van der Waals surface area (Å²) in [4.78, 5) is 8.55. The quantitative estimate of drug-likeness (QED) is 0.652. The number of anilines is 2. The maximum Gasteiger partial charge on any atom is 0.220 e. The van der Waals surface area contributed by atoms with Crippen LogP contribution in [0.5, 0.6) is 0 Å². The predicted octanol–water partition coefficient (Wildman–Crippen LogP) is 4.78. The average molecular weight is 365 g/mol. The van der Waals surface area contributed by atoms with Gasteiger partial charge in [-0.1, -0.05) is 17.7 Å². The van der Waals surface area contributed by atoms with Gasteiger partial charge in [0.25, 0.3) is 0 Å². The van der Waals surface area contributed by atoms with Crippen molar-refractivity contribution in [1.29, 1.82) is 0 Å². The van der Waals surface area contributed by atoms with Gasteiger partial charge in [0.1, 0.15) is 11.6 Å².